The molecule has 0 aliphatic carbocycles. The standard InChI is InChI=1S/C23H14Br2N2O/c24-19-5-1-3-15(11-19)21-13-17(7-9-26-21)23(28)18-8-10-27-22(14-18)16-4-2-6-20(25)12-16/h1-14H. The van der Waals surface area contributed by atoms with Crippen LogP contribution >= 0.6 is 31.9 Å². The SMILES string of the molecule is O=C(c1ccnc(-c2cccc(Br)c2)c1)c1ccnc(-c2cccc(Br)c2)c1. The molecule has 0 N–H and O–H groups in total. The van der Waals surface area contributed by atoms with Gasteiger partial charge in [0.25, 0.3) is 0 Å². The normalized spacial score (nSPS) is 10.6. The number of hydrogen-bond donors (Lipinski definition) is 0. The first kappa shape index (κ1) is 18.7. The molecular weight excluding hydrogens is 480 g/mol. The average molecular weight is 494 g/mol. The van der Waals surface area contributed by atoms with Crippen LogP contribution < -0.4 is 0 Å². The van der Waals surface area contributed by atoms with Gasteiger partial charge in [0.1, 0.15) is 0 Å². The van der Waals surface area contributed by atoms with E-state index >= 15 is 0 Å². The smallest absolute Gasteiger partial charge is 0.193 e. The number of ketones is 1. The lowest BCUT2D eigenvalue weighted by molar-refractivity contribution is 0.103. The van der Waals surface area contributed by atoms with Gasteiger partial charge in [-0.1, -0.05) is 56.1 Å². The topological polar surface area (TPSA) is 42.9 Å². The van der Waals surface area contributed by atoms with Gasteiger partial charge in [-0.15, -0.1) is 0 Å². The minimum Gasteiger partial charge on any atom is -0.289 e. The highest BCUT2D eigenvalue weighted by molar-refractivity contribution is 9.10. The van der Waals surface area contributed by atoms with E-state index in [9.17, 15) is 4.79 Å². The van der Waals surface area contributed by atoms with Crippen molar-refractivity contribution in [2.75, 3.05) is 0 Å². The third-order valence-corrected chi connectivity index (χ3v) is 5.27. The Kier molecular flexibility index (Phi) is 5.46. The van der Waals surface area contributed by atoms with E-state index < -0.39 is 0 Å². The molecule has 0 fully saturated rings. The third-order valence-electron chi connectivity index (χ3n) is 4.29. The predicted molar refractivity (Wildman–Crippen MR) is 118 cm³/mol. The highest BCUT2D eigenvalue weighted by Crippen LogP contribution is 2.25. The summed E-state index contributed by atoms with van der Waals surface area (Å²) in [4.78, 5) is 21.9. The summed E-state index contributed by atoms with van der Waals surface area (Å²) in [6.45, 7) is 0. The number of pyridine rings is 2. The fraction of sp³-hybridized carbons (Fsp3) is 0. The summed E-state index contributed by atoms with van der Waals surface area (Å²) >= 11 is 6.95. The van der Waals surface area contributed by atoms with E-state index in [-0.39, 0.29) is 5.78 Å². The Bertz CT molecular complexity index is 1080. The monoisotopic (exact) mass is 492 g/mol. The first-order valence-electron chi connectivity index (χ1n) is 8.59. The van der Waals surface area contributed by atoms with Gasteiger partial charge in [0.15, 0.2) is 5.78 Å². The van der Waals surface area contributed by atoms with Crippen LogP contribution in [0.2, 0.25) is 0 Å². The molecule has 0 aliphatic rings. The second-order valence-corrected chi connectivity index (χ2v) is 8.04. The summed E-state index contributed by atoms with van der Waals surface area (Å²) in [6, 6.07) is 22.8. The molecule has 3 nitrogen and oxygen atoms in total. The van der Waals surface area contributed by atoms with E-state index in [2.05, 4.69) is 41.8 Å². The van der Waals surface area contributed by atoms with Crippen molar-refractivity contribution < 1.29 is 4.79 Å². The average Bonchev–Trinajstić information content (AvgIpc) is 2.73. The maximum atomic E-state index is 13.1. The lowest BCUT2D eigenvalue weighted by Gasteiger charge is -2.07. The van der Waals surface area contributed by atoms with Crippen LogP contribution in [0.25, 0.3) is 22.5 Å². The third kappa shape index (κ3) is 4.11. The van der Waals surface area contributed by atoms with E-state index in [1.54, 1.807) is 24.5 Å². The molecular formula is C23H14Br2N2O. The number of nitrogens with zero attached hydrogens (tertiary/aromatic N) is 2. The number of rotatable bonds is 4. The molecule has 2 aromatic carbocycles. The summed E-state index contributed by atoms with van der Waals surface area (Å²) in [7, 11) is 0. The summed E-state index contributed by atoms with van der Waals surface area (Å²) < 4.78 is 1.94. The van der Waals surface area contributed by atoms with Gasteiger partial charge in [-0.3, -0.25) is 14.8 Å². The minimum atomic E-state index is -0.0581. The minimum absolute atomic E-state index is 0.0581. The number of aromatic nitrogens is 2. The van der Waals surface area contributed by atoms with Crippen LogP contribution in [0.3, 0.4) is 0 Å². The molecule has 4 aromatic rings. The number of hydrogen-bond acceptors (Lipinski definition) is 3. The molecule has 4 rings (SSSR count). The van der Waals surface area contributed by atoms with Crippen molar-refractivity contribution >= 4 is 37.6 Å². The van der Waals surface area contributed by atoms with Crippen molar-refractivity contribution in [2.24, 2.45) is 0 Å². The van der Waals surface area contributed by atoms with Crippen molar-refractivity contribution in [3.63, 3.8) is 0 Å². The molecule has 5 heteroatoms. The molecule has 0 amide bonds. The van der Waals surface area contributed by atoms with Gasteiger partial charge in [-0.2, -0.15) is 0 Å². The quantitative estimate of drug-likeness (QED) is 0.302. The Morgan fingerprint density at radius 3 is 1.54 bits per heavy atom. The second-order valence-electron chi connectivity index (χ2n) is 6.21. The van der Waals surface area contributed by atoms with Crippen LogP contribution in [-0.4, -0.2) is 15.8 Å². The maximum Gasteiger partial charge on any atom is 0.193 e. The van der Waals surface area contributed by atoms with Crippen LogP contribution in [0.5, 0.6) is 0 Å². The Morgan fingerprint density at radius 2 is 1.11 bits per heavy atom. The second kappa shape index (κ2) is 8.17. The molecule has 0 atom stereocenters. The van der Waals surface area contributed by atoms with Crippen molar-refractivity contribution in [1.29, 1.82) is 0 Å². The molecule has 0 saturated heterocycles. The van der Waals surface area contributed by atoms with Gasteiger partial charge < -0.3 is 0 Å². The Morgan fingerprint density at radius 1 is 0.643 bits per heavy atom. The van der Waals surface area contributed by atoms with Crippen LogP contribution in [-0.2, 0) is 0 Å². The van der Waals surface area contributed by atoms with E-state index in [1.165, 1.54) is 0 Å². The molecule has 28 heavy (non-hydrogen) atoms. The van der Waals surface area contributed by atoms with Crippen LogP contribution in [0.1, 0.15) is 15.9 Å². The summed E-state index contributed by atoms with van der Waals surface area (Å²) in [6.07, 6.45) is 3.33. The molecule has 136 valence electrons. The van der Waals surface area contributed by atoms with E-state index in [1.807, 2.05) is 60.7 Å². The molecule has 0 spiro atoms. The lowest BCUT2D eigenvalue weighted by Crippen LogP contribution is -2.03. The van der Waals surface area contributed by atoms with E-state index in [0.717, 1.165) is 31.5 Å². The van der Waals surface area contributed by atoms with Gasteiger partial charge in [0.2, 0.25) is 0 Å². The zero-order valence-corrected chi connectivity index (χ0v) is 17.8. The summed E-state index contributed by atoms with van der Waals surface area (Å²) in [5.41, 5.74) is 4.61. The van der Waals surface area contributed by atoms with Gasteiger partial charge in [0, 0.05) is 43.6 Å². The van der Waals surface area contributed by atoms with Gasteiger partial charge in [-0.05, 0) is 48.5 Å². The van der Waals surface area contributed by atoms with Gasteiger partial charge in [-0.25, -0.2) is 0 Å². The molecule has 0 unspecified atom stereocenters. The number of carbonyl (C=O) groups excluding carboxylic acids is 1. The van der Waals surface area contributed by atoms with Crippen LogP contribution in [0.15, 0.2) is 94.1 Å². The van der Waals surface area contributed by atoms with Crippen LogP contribution in [0.4, 0.5) is 0 Å². The summed E-state index contributed by atoms with van der Waals surface area (Å²) in [5.74, 6) is -0.0581. The number of carbonyl (C=O) groups is 1. The zero-order valence-electron chi connectivity index (χ0n) is 14.6. The first-order chi connectivity index (χ1) is 13.6. The molecule has 0 bridgehead atoms. The highest BCUT2D eigenvalue weighted by atomic mass is 79.9. The number of benzene rings is 2. The largest absolute Gasteiger partial charge is 0.289 e. The maximum absolute atomic E-state index is 13.1. The molecule has 0 aliphatic heterocycles. The Hall–Kier alpha value is -2.63. The Balaban J connectivity index is 1.69. The van der Waals surface area contributed by atoms with Crippen molar-refractivity contribution in [2.45, 2.75) is 0 Å². The van der Waals surface area contributed by atoms with Crippen molar-refractivity contribution in [3.8, 4) is 22.5 Å². The van der Waals surface area contributed by atoms with Gasteiger partial charge in [0.05, 0.1) is 11.4 Å². The lowest BCUT2D eigenvalue weighted by atomic mass is 10.0. The fourth-order valence-electron chi connectivity index (χ4n) is 2.92. The van der Waals surface area contributed by atoms with Crippen molar-refractivity contribution in [3.05, 3.63) is 105 Å². The fourth-order valence-corrected chi connectivity index (χ4v) is 3.72. The number of halogens is 2. The molecule has 2 heterocycles. The molecule has 2 aromatic heterocycles. The molecule has 0 saturated carbocycles. The highest BCUT2D eigenvalue weighted by Gasteiger charge is 2.13. The van der Waals surface area contributed by atoms with Gasteiger partial charge >= 0.3 is 0 Å². The predicted octanol–water partition coefficient (Wildman–Crippen LogP) is 6.57. The van der Waals surface area contributed by atoms with Crippen LogP contribution in [0, 0.1) is 0 Å². The zero-order chi connectivity index (χ0) is 19.5. The van der Waals surface area contributed by atoms with E-state index in [4.69, 9.17) is 0 Å². The molecule has 0 radical (unpaired) electrons. The Labute approximate surface area is 179 Å². The van der Waals surface area contributed by atoms with Crippen molar-refractivity contribution in [1.82, 2.24) is 9.97 Å². The summed E-state index contributed by atoms with van der Waals surface area (Å²) in [5, 5.41) is 0. The first-order valence-corrected chi connectivity index (χ1v) is 10.2. The van der Waals surface area contributed by atoms with E-state index in [0.29, 0.717) is 11.1 Å².